The smallest absolute Gasteiger partial charge is 0.326 e. The summed E-state index contributed by atoms with van der Waals surface area (Å²) in [6.45, 7) is 0.904. The van der Waals surface area contributed by atoms with Crippen LogP contribution in [0.1, 0.15) is 5.56 Å². The van der Waals surface area contributed by atoms with Crippen molar-refractivity contribution < 1.29 is 5.02 Å². The molecule has 0 amide bonds. The van der Waals surface area contributed by atoms with Crippen LogP contribution in [0.4, 0.5) is 0 Å². The predicted octanol–water partition coefficient (Wildman–Crippen LogP) is -0.0150. The van der Waals surface area contributed by atoms with Crippen molar-refractivity contribution in [1.82, 2.24) is 4.90 Å². The van der Waals surface area contributed by atoms with Crippen LogP contribution >= 0.6 is 0 Å². The molecule has 2 nitrogen and oxygen atoms in total. The van der Waals surface area contributed by atoms with E-state index in [0.717, 1.165) is 19.5 Å². The summed E-state index contributed by atoms with van der Waals surface area (Å²) in [6, 6.07) is 7.84. The lowest BCUT2D eigenvalue weighted by Gasteiger charge is -2.09. The molecule has 1 aromatic rings. The summed E-state index contributed by atoms with van der Waals surface area (Å²) >= 11 is 0. The Kier molecular flexibility index (Phi) is 3.32. The first-order valence-electron chi connectivity index (χ1n) is 3.93. The molecule has 12 heavy (non-hydrogen) atoms. The van der Waals surface area contributed by atoms with Crippen molar-refractivity contribution >= 4 is 12.9 Å². The summed E-state index contributed by atoms with van der Waals surface area (Å²) in [4.78, 5) is 2.09. The van der Waals surface area contributed by atoms with Crippen molar-refractivity contribution in [2.45, 2.75) is 6.54 Å². The van der Waals surface area contributed by atoms with Gasteiger partial charge in [-0.25, -0.2) is 0 Å². The lowest BCUT2D eigenvalue weighted by atomic mass is 9.88. The highest BCUT2D eigenvalue weighted by molar-refractivity contribution is 6.45. The number of benzene rings is 1. The second-order valence-electron chi connectivity index (χ2n) is 3.11. The highest BCUT2D eigenvalue weighted by atomic mass is 16.2. The maximum atomic E-state index is 8.76. The van der Waals surface area contributed by atoms with E-state index in [2.05, 4.69) is 4.90 Å². The van der Waals surface area contributed by atoms with Crippen LogP contribution in [-0.2, 0) is 6.54 Å². The number of hydrogen-bond acceptors (Lipinski definition) is 2. The minimum absolute atomic E-state index is 0.856. The molecular formula is C9H13BNO. The molecule has 63 valence electrons. The van der Waals surface area contributed by atoms with Crippen molar-refractivity contribution in [3.05, 3.63) is 29.8 Å². The predicted molar refractivity (Wildman–Crippen MR) is 51.4 cm³/mol. The van der Waals surface area contributed by atoms with Gasteiger partial charge in [0.1, 0.15) is 0 Å². The van der Waals surface area contributed by atoms with Gasteiger partial charge in [0.25, 0.3) is 0 Å². The molecule has 0 aliphatic carbocycles. The van der Waals surface area contributed by atoms with Crippen molar-refractivity contribution in [2.75, 3.05) is 14.1 Å². The summed E-state index contributed by atoms with van der Waals surface area (Å²) in [5.74, 6) is 0. The molecule has 3 heteroatoms. The van der Waals surface area contributed by atoms with Crippen LogP contribution < -0.4 is 5.46 Å². The van der Waals surface area contributed by atoms with Gasteiger partial charge in [-0.2, -0.15) is 0 Å². The van der Waals surface area contributed by atoms with Crippen LogP contribution in [-0.4, -0.2) is 31.5 Å². The first kappa shape index (κ1) is 9.29. The molecule has 0 aromatic heterocycles. The normalized spacial score (nSPS) is 10.3. The standard InChI is InChI=1S/C9H13BNO/c1-11(2)7-8-4-3-5-9(6-8)10-12/h3-6,12H,7H2,1-2H3. The lowest BCUT2D eigenvalue weighted by Crippen LogP contribution is -2.16. The zero-order chi connectivity index (χ0) is 8.97. The van der Waals surface area contributed by atoms with Gasteiger partial charge in [-0.15, -0.1) is 0 Å². The summed E-state index contributed by atoms with van der Waals surface area (Å²) in [5, 5.41) is 8.76. The van der Waals surface area contributed by atoms with Crippen molar-refractivity contribution in [1.29, 1.82) is 0 Å². The second kappa shape index (κ2) is 4.29. The fourth-order valence-corrected chi connectivity index (χ4v) is 1.14. The van der Waals surface area contributed by atoms with E-state index in [1.165, 1.54) is 5.56 Å². The quantitative estimate of drug-likeness (QED) is 0.631. The zero-order valence-electron chi connectivity index (χ0n) is 7.49. The Morgan fingerprint density at radius 1 is 1.42 bits per heavy atom. The van der Waals surface area contributed by atoms with E-state index < -0.39 is 0 Å². The molecule has 0 heterocycles. The Morgan fingerprint density at radius 2 is 2.17 bits per heavy atom. The minimum atomic E-state index is 0.856. The van der Waals surface area contributed by atoms with Crippen LogP contribution in [0, 0.1) is 0 Å². The van der Waals surface area contributed by atoms with Gasteiger partial charge in [-0.05, 0) is 19.7 Å². The van der Waals surface area contributed by atoms with E-state index in [1.807, 2.05) is 38.4 Å². The topological polar surface area (TPSA) is 23.5 Å². The van der Waals surface area contributed by atoms with Gasteiger partial charge in [0.15, 0.2) is 0 Å². The average molecular weight is 162 g/mol. The molecule has 0 spiro atoms. The molecule has 1 N–H and O–H groups in total. The largest absolute Gasteiger partial charge is 0.450 e. The van der Waals surface area contributed by atoms with Gasteiger partial charge in [-0.1, -0.05) is 29.7 Å². The molecule has 0 aliphatic heterocycles. The van der Waals surface area contributed by atoms with Gasteiger partial charge in [-0.3, -0.25) is 0 Å². The first-order chi connectivity index (χ1) is 5.72. The fraction of sp³-hybridized carbons (Fsp3) is 0.333. The van der Waals surface area contributed by atoms with E-state index in [9.17, 15) is 0 Å². The molecule has 1 rings (SSSR count). The molecule has 0 saturated heterocycles. The fourth-order valence-electron chi connectivity index (χ4n) is 1.14. The minimum Gasteiger partial charge on any atom is -0.450 e. The van der Waals surface area contributed by atoms with E-state index >= 15 is 0 Å². The molecule has 0 unspecified atom stereocenters. The molecule has 0 saturated carbocycles. The Morgan fingerprint density at radius 3 is 2.75 bits per heavy atom. The maximum Gasteiger partial charge on any atom is 0.326 e. The van der Waals surface area contributed by atoms with Crippen molar-refractivity contribution in [2.24, 2.45) is 0 Å². The Labute approximate surface area is 74.1 Å². The first-order valence-corrected chi connectivity index (χ1v) is 3.93. The van der Waals surface area contributed by atoms with Crippen molar-refractivity contribution in [3.8, 4) is 0 Å². The highest BCUT2D eigenvalue weighted by Crippen LogP contribution is 1.98. The van der Waals surface area contributed by atoms with Gasteiger partial charge in [0.05, 0.1) is 0 Å². The average Bonchev–Trinajstić information content (AvgIpc) is 2.03. The van der Waals surface area contributed by atoms with E-state index in [-0.39, 0.29) is 0 Å². The molecule has 1 aromatic carbocycles. The maximum absolute atomic E-state index is 8.76. The lowest BCUT2D eigenvalue weighted by molar-refractivity contribution is 0.402. The van der Waals surface area contributed by atoms with E-state index in [1.54, 1.807) is 0 Å². The van der Waals surface area contributed by atoms with Crippen LogP contribution in [0.5, 0.6) is 0 Å². The molecule has 0 bridgehead atoms. The molecule has 0 fully saturated rings. The SMILES string of the molecule is CN(C)Cc1cccc([B]O)c1. The van der Waals surface area contributed by atoms with Gasteiger partial charge < -0.3 is 9.92 Å². The second-order valence-corrected chi connectivity index (χ2v) is 3.11. The Balaban J connectivity index is 2.72. The molecule has 0 atom stereocenters. The third kappa shape index (κ3) is 2.68. The highest BCUT2D eigenvalue weighted by Gasteiger charge is 1.97. The van der Waals surface area contributed by atoms with Crippen LogP contribution in [0.3, 0.4) is 0 Å². The van der Waals surface area contributed by atoms with Gasteiger partial charge >= 0.3 is 7.48 Å². The van der Waals surface area contributed by atoms with Gasteiger partial charge in [0.2, 0.25) is 0 Å². The third-order valence-electron chi connectivity index (χ3n) is 1.60. The van der Waals surface area contributed by atoms with Crippen LogP contribution in [0.2, 0.25) is 0 Å². The Bertz CT molecular complexity index is 250. The number of rotatable bonds is 3. The van der Waals surface area contributed by atoms with Crippen LogP contribution in [0.25, 0.3) is 0 Å². The summed E-state index contributed by atoms with van der Waals surface area (Å²) in [7, 11) is 5.17. The molecular weight excluding hydrogens is 149 g/mol. The van der Waals surface area contributed by atoms with Crippen molar-refractivity contribution in [3.63, 3.8) is 0 Å². The zero-order valence-corrected chi connectivity index (χ0v) is 7.49. The summed E-state index contributed by atoms with van der Waals surface area (Å²) in [5.41, 5.74) is 2.07. The van der Waals surface area contributed by atoms with Gasteiger partial charge in [0, 0.05) is 6.54 Å². The van der Waals surface area contributed by atoms with Crippen LogP contribution in [0.15, 0.2) is 24.3 Å². The Hall–Kier alpha value is -0.795. The molecule has 1 radical (unpaired) electrons. The molecule has 0 aliphatic rings. The third-order valence-corrected chi connectivity index (χ3v) is 1.60. The number of hydrogen-bond donors (Lipinski definition) is 1. The van der Waals surface area contributed by atoms with E-state index in [0.29, 0.717) is 0 Å². The summed E-state index contributed by atoms with van der Waals surface area (Å²) < 4.78 is 0. The summed E-state index contributed by atoms with van der Waals surface area (Å²) in [6.07, 6.45) is 0. The monoisotopic (exact) mass is 162 g/mol. The van der Waals surface area contributed by atoms with E-state index in [4.69, 9.17) is 5.02 Å². The number of nitrogens with zero attached hydrogens (tertiary/aromatic N) is 1.